The third kappa shape index (κ3) is 2.21. The molecule has 0 unspecified atom stereocenters. The highest BCUT2D eigenvalue weighted by molar-refractivity contribution is 7.10. The molecule has 3 rings (SSSR count). The Balaban J connectivity index is 1.83. The SMILES string of the molecule is Nc1ccc(C(=O)N2CCc3sccc3C2)cc1F. The molecular weight excluding hydrogens is 263 g/mol. The van der Waals surface area contributed by atoms with E-state index >= 15 is 0 Å². The van der Waals surface area contributed by atoms with Crippen LogP contribution in [0.15, 0.2) is 29.6 Å². The molecule has 0 spiro atoms. The van der Waals surface area contributed by atoms with Crippen LogP contribution in [0.2, 0.25) is 0 Å². The number of carbonyl (C=O) groups excluding carboxylic acids is 1. The molecular formula is C14H13FN2OS. The number of carbonyl (C=O) groups is 1. The van der Waals surface area contributed by atoms with Gasteiger partial charge in [-0.25, -0.2) is 4.39 Å². The number of rotatable bonds is 1. The zero-order valence-electron chi connectivity index (χ0n) is 10.2. The summed E-state index contributed by atoms with van der Waals surface area (Å²) in [7, 11) is 0. The van der Waals surface area contributed by atoms with Crippen LogP contribution in [0.4, 0.5) is 10.1 Å². The van der Waals surface area contributed by atoms with E-state index in [0.29, 0.717) is 18.7 Å². The normalized spacial score (nSPS) is 14.3. The first kappa shape index (κ1) is 12.2. The van der Waals surface area contributed by atoms with Crippen molar-refractivity contribution in [2.24, 2.45) is 0 Å². The Hall–Kier alpha value is -1.88. The number of nitrogens with two attached hydrogens (primary N) is 1. The molecule has 98 valence electrons. The van der Waals surface area contributed by atoms with Crippen LogP contribution in [-0.4, -0.2) is 17.4 Å². The Morgan fingerprint density at radius 1 is 1.37 bits per heavy atom. The van der Waals surface area contributed by atoms with Gasteiger partial charge in [0.15, 0.2) is 0 Å². The Labute approximate surface area is 114 Å². The maximum Gasteiger partial charge on any atom is 0.254 e. The third-order valence-electron chi connectivity index (χ3n) is 3.34. The van der Waals surface area contributed by atoms with Gasteiger partial charge in [0.2, 0.25) is 0 Å². The molecule has 1 amide bonds. The molecule has 0 fully saturated rings. The Kier molecular flexibility index (Phi) is 2.98. The van der Waals surface area contributed by atoms with Crippen molar-refractivity contribution in [1.29, 1.82) is 0 Å². The predicted molar refractivity (Wildman–Crippen MR) is 73.6 cm³/mol. The van der Waals surface area contributed by atoms with Gasteiger partial charge in [-0.1, -0.05) is 0 Å². The Bertz CT molecular complexity index is 638. The van der Waals surface area contributed by atoms with Gasteiger partial charge in [0.1, 0.15) is 5.82 Å². The molecule has 1 aromatic carbocycles. The smallest absolute Gasteiger partial charge is 0.254 e. The standard InChI is InChI=1S/C14H13FN2OS/c15-11-7-9(1-2-12(11)16)14(18)17-5-3-13-10(8-17)4-6-19-13/h1-2,4,6-7H,3,5,8,16H2. The average Bonchev–Trinajstić information content (AvgIpc) is 2.88. The van der Waals surface area contributed by atoms with Crippen molar-refractivity contribution in [2.45, 2.75) is 13.0 Å². The molecule has 3 nitrogen and oxygen atoms in total. The maximum absolute atomic E-state index is 13.4. The van der Waals surface area contributed by atoms with Gasteiger partial charge in [-0.2, -0.15) is 0 Å². The van der Waals surface area contributed by atoms with E-state index in [1.165, 1.54) is 22.6 Å². The second-order valence-electron chi connectivity index (χ2n) is 4.58. The van der Waals surface area contributed by atoms with Crippen molar-refractivity contribution in [2.75, 3.05) is 12.3 Å². The van der Waals surface area contributed by atoms with Crippen molar-refractivity contribution in [3.05, 3.63) is 51.5 Å². The van der Waals surface area contributed by atoms with Crippen LogP contribution in [-0.2, 0) is 13.0 Å². The van der Waals surface area contributed by atoms with Crippen LogP contribution < -0.4 is 5.73 Å². The second kappa shape index (κ2) is 4.66. The van der Waals surface area contributed by atoms with Gasteiger partial charge in [-0.05, 0) is 41.6 Å². The van der Waals surface area contributed by atoms with Crippen LogP contribution >= 0.6 is 11.3 Å². The molecule has 0 radical (unpaired) electrons. The number of hydrogen-bond donors (Lipinski definition) is 1. The summed E-state index contributed by atoms with van der Waals surface area (Å²) in [5, 5.41) is 2.04. The van der Waals surface area contributed by atoms with Gasteiger partial charge in [0, 0.05) is 23.5 Å². The fourth-order valence-electron chi connectivity index (χ4n) is 2.26. The molecule has 1 aromatic heterocycles. The molecule has 1 aliphatic heterocycles. The highest BCUT2D eigenvalue weighted by atomic mass is 32.1. The summed E-state index contributed by atoms with van der Waals surface area (Å²) in [6.45, 7) is 1.28. The number of hydrogen-bond acceptors (Lipinski definition) is 3. The predicted octanol–water partition coefficient (Wildman–Crippen LogP) is 2.67. The van der Waals surface area contributed by atoms with E-state index in [-0.39, 0.29) is 11.6 Å². The quantitative estimate of drug-likeness (QED) is 0.814. The fourth-order valence-corrected chi connectivity index (χ4v) is 3.15. The average molecular weight is 276 g/mol. The van der Waals surface area contributed by atoms with Gasteiger partial charge >= 0.3 is 0 Å². The topological polar surface area (TPSA) is 46.3 Å². The lowest BCUT2D eigenvalue weighted by Gasteiger charge is -2.27. The number of fused-ring (bicyclic) bond motifs is 1. The van der Waals surface area contributed by atoms with Crippen molar-refractivity contribution in [3.63, 3.8) is 0 Å². The number of nitrogens with zero attached hydrogens (tertiary/aromatic N) is 1. The van der Waals surface area contributed by atoms with Crippen molar-refractivity contribution < 1.29 is 9.18 Å². The highest BCUT2D eigenvalue weighted by Crippen LogP contribution is 2.25. The minimum absolute atomic E-state index is 0.0651. The molecule has 2 heterocycles. The van der Waals surface area contributed by atoms with Gasteiger partial charge in [0.25, 0.3) is 5.91 Å². The minimum atomic E-state index is -0.543. The van der Waals surface area contributed by atoms with E-state index in [9.17, 15) is 9.18 Å². The highest BCUT2D eigenvalue weighted by Gasteiger charge is 2.22. The molecule has 2 aromatic rings. The van der Waals surface area contributed by atoms with E-state index in [4.69, 9.17) is 5.73 Å². The van der Waals surface area contributed by atoms with Crippen molar-refractivity contribution in [3.8, 4) is 0 Å². The molecule has 0 bridgehead atoms. The number of nitrogen functional groups attached to an aromatic ring is 1. The number of amides is 1. The Morgan fingerprint density at radius 2 is 2.21 bits per heavy atom. The molecule has 1 aliphatic rings. The van der Waals surface area contributed by atoms with Crippen molar-refractivity contribution >= 4 is 22.9 Å². The van der Waals surface area contributed by atoms with E-state index in [1.54, 1.807) is 22.3 Å². The first-order valence-electron chi connectivity index (χ1n) is 6.04. The van der Waals surface area contributed by atoms with E-state index < -0.39 is 5.82 Å². The van der Waals surface area contributed by atoms with Gasteiger partial charge in [0.05, 0.1) is 5.69 Å². The van der Waals surface area contributed by atoms with Crippen LogP contribution in [0, 0.1) is 5.82 Å². The molecule has 0 saturated carbocycles. The molecule has 5 heteroatoms. The number of benzene rings is 1. The van der Waals surface area contributed by atoms with Crippen LogP contribution in [0.1, 0.15) is 20.8 Å². The molecule has 2 N–H and O–H groups in total. The number of thiophene rings is 1. The lowest BCUT2D eigenvalue weighted by molar-refractivity contribution is 0.0735. The molecule has 0 atom stereocenters. The number of halogens is 1. The Morgan fingerprint density at radius 3 is 3.00 bits per heavy atom. The lowest BCUT2D eigenvalue weighted by Crippen LogP contribution is -2.35. The summed E-state index contributed by atoms with van der Waals surface area (Å²) >= 11 is 1.72. The minimum Gasteiger partial charge on any atom is -0.396 e. The number of anilines is 1. The zero-order valence-corrected chi connectivity index (χ0v) is 11.0. The monoisotopic (exact) mass is 276 g/mol. The first-order valence-corrected chi connectivity index (χ1v) is 6.92. The van der Waals surface area contributed by atoms with Crippen LogP contribution in [0.25, 0.3) is 0 Å². The third-order valence-corrected chi connectivity index (χ3v) is 4.37. The van der Waals surface area contributed by atoms with Crippen LogP contribution in [0.5, 0.6) is 0 Å². The molecule has 19 heavy (non-hydrogen) atoms. The summed E-state index contributed by atoms with van der Waals surface area (Å²) < 4.78 is 13.4. The summed E-state index contributed by atoms with van der Waals surface area (Å²) in [5.41, 5.74) is 7.03. The van der Waals surface area contributed by atoms with Gasteiger partial charge in [-0.3, -0.25) is 4.79 Å². The molecule has 0 saturated heterocycles. The summed E-state index contributed by atoms with van der Waals surface area (Å²) in [6.07, 6.45) is 0.871. The molecule has 0 aliphatic carbocycles. The van der Waals surface area contributed by atoms with Crippen LogP contribution in [0.3, 0.4) is 0 Å². The van der Waals surface area contributed by atoms with Gasteiger partial charge in [-0.15, -0.1) is 11.3 Å². The van der Waals surface area contributed by atoms with E-state index in [0.717, 1.165) is 6.42 Å². The maximum atomic E-state index is 13.4. The summed E-state index contributed by atoms with van der Waals surface area (Å²) in [6, 6.07) is 6.26. The second-order valence-corrected chi connectivity index (χ2v) is 5.58. The first-order chi connectivity index (χ1) is 9.15. The lowest BCUT2D eigenvalue weighted by atomic mass is 10.1. The van der Waals surface area contributed by atoms with E-state index in [2.05, 4.69) is 0 Å². The summed E-state index contributed by atoms with van der Waals surface area (Å²) in [5.74, 6) is -0.685. The van der Waals surface area contributed by atoms with Gasteiger partial charge < -0.3 is 10.6 Å². The zero-order chi connectivity index (χ0) is 13.4. The van der Waals surface area contributed by atoms with E-state index in [1.807, 2.05) is 11.4 Å². The summed E-state index contributed by atoms with van der Waals surface area (Å²) in [4.78, 5) is 15.4. The van der Waals surface area contributed by atoms with Crippen molar-refractivity contribution in [1.82, 2.24) is 4.90 Å². The largest absolute Gasteiger partial charge is 0.396 e. The fraction of sp³-hybridized carbons (Fsp3) is 0.214.